The van der Waals surface area contributed by atoms with Crippen LogP contribution in [0.15, 0.2) is 72.4 Å². The number of hydrogen-bond donors (Lipinski definition) is 1. The summed E-state index contributed by atoms with van der Waals surface area (Å²) in [4.78, 5) is 38.0. The van der Waals surface area contributed by atoms with E-state index >= 15 is 0 Å². The number of fused-ring (bicyclic) bond motifs is 2. The second-order valence-electron chi connectivity index (χ2n) is 9.21. The number of ether oxygens (including phenoxy) is 2. The minimum absolute atomic E-state index is 0.0401. The fourth-order valence-electron chi connectivity index (χ4n) is 5.06. The van der Waals surface area contributed by atoms with Crippen LogP contribution >= 0.6 is 11.3 Å². The van der Waals surface area contributed by atoms with Crippen LogP contribution in [-0.4, -0.2) is 44.4 Å². The largest absolute Gasteiger partial charge is 0.505 e. The number of aromatic nitrogens is 3. The van der Waals surface area contributed by atoms with Crippen molar-refractivity contribution in [3.8, 4) is 11.5 Å². The molecule has 0 aliphatic carbocycles. The topological polar surface area (TPSA) is 106 Å². The summed E-state index contributed by atoms with van der Waals surface area (Å²) >= 11 is 1.28. The number of ketones is 1. The molecule has 0 saturated carbocycles. The smallest absolute Gasteiger partial charge is 0.301 e. The number of anilines is 1. The zero-order valence-electron chi connectivity index (χ0n) is 22.1. The van der Waals surface area contributed by atoms with Gasteiger partial charge in [0.05, 0.1) is 40.7 Å². The Kier molecular flexibility index (Phi) is 6.47. The van der Waals surface area contributed by atoms with Gasteiger partial charge >= 0.3 is 5.91 Å². The predicted molar refractivity (Wildman–Crippen MR) is 153 cm³/mol. The predicted octanol–water partition coefficient (Wildman–Crippen LogP) is 5.68. The van der Waals surface area contributed by atoms with Crippen LogP contribution in [-0.2, 0) is 9.59 Å². The zero-order valence-corrected chi connectivity index (χ0v) is 22.9. The first-order valence-electron chi connectivity index (χ1n) is 12.9. The van der Waals surface area contributed by atoms with Crippen LogP contribution in [0.3, 0.4) is 0 Å². The van der Waals surface area contributed by atoms with E-state index in [9.17, 15) is 14.7 Å². The molecule has 1 aliphatic heterocycles. The Labute approximate surface area is 233 Å². The van der Waals surface area contributed by atoms with Crippen LogP contribution in [0.1, 0.15) is 36.8 Å². The summed E-state index contributed by atoms with van der Waals surface area (Å²) in [5, 5.41) is 12.1. The number of aryl methyl sites for hydroxylation is 1. The normalized spacial score (nSPS) is 16.8. The van der Waals surface area contributed by atoms with Gasteiger partial charge in [0.1, 0.15) is 22.8 Å². The van der Waals surface area contributed by atoms with Crippen LogP contribution in [0.4, 0.5) is 5.13 Å². The third-order valence-corrected chi connectivity index (χ3v) is 7.74. The van der Waals surface area contributed by atoms with Gasteiger partial charge in [0, 0.05) is 6.20 Å². The highest BCUT2D eigenvalue weighted by atomic mass is 32.1. The minimum atomic E-state index is -0.944. The Balaban J connectivity index is 1.58. The van der Waals surface area contributed by atoms with E-state index in [0.29, 0.717) is 58.0 Å². The van der Waals surface area contributed by atoms with Crippen molar-refractivity contribution in [2.45, 2.75) is 26.8 Å². The van der Waals surface area contributed by atoms with Gasteiger partial charge in [-0.25, -0.2) is 9.97 Å². The Morgan fingerprint density at radius 1 is 0.975 bits per heavy atom. The van der Waals surface area contributed by atoms with Crippen molar-refractivity contribution in [3.63, 3.8) is 0 Å². The highest BCUT2D eigenvalue weighted by Crippen LogP contribution is 2.45. The number of imidazole rings is 1. The van der Waals surface area contributed by atoms with Crippen molar-refractivity contribution >= 4 is 49.8 Å². The molecule has 0 spiro atoms. The number of pyridine rings is 1. The van der Waals surface area contributed by atoms with Gasteiger partial charge in [0.25, 0.3) is 5.78 Å². The van der Waals surface area contributed by atoms with Crippen LogP contribution in [0.25, 0.3) is 21.6 Å². The number of carbonyl (C=O) groups is 2. The third-order valence-electron chi connectivity index (χ3n) is 6.72. The van der Waals surface area contributed by atoms with Crippen LogP contribution in [0, 0.1) is 6.92 Å². The van der Waals surface area contributed by atoms with Crippen molar-refractivity contribution in [1.82, 2.24) is 14.4 Å². The SMILES string of the molecule is CCOc1cccc(C2/C(=C(\O)c3c(C)nc4ccccn34)C(=O)C(=O)N2c2nc3ccc(OCC)cc3s2)c1. The van der Waals surface area contributed by atoms with E-state index in [1.165, 1.54) is 16.2 Å². The highest BCUT2D eigenvalue weighted by molar-refractivity contribution is 7.22. The maximum atomic E-state index is 13.7. The highest BCUT2D eigenvalue weighted by Gasteiger charge is 2.48. The molecule has 202 valence electrons. The van der Waals surface area contributed by atoms with E-state index in [-0.39, 0.29) is 11.3 Å². The van der Waals surface area contributed by atoms with Crippen molar-refractivity contribution in [2.75, 3.05) is 18.1 Å². The zero-order chi connectivity index (χ0) is 28.0. The first kappa shape index (κ1) is 25.6. The molecule has 1 N–H and O–H groups in total. The lowest BCUT2D eigenvalue weighted by Crippen LogP contribution is -2.29. The van der Waals surface area contributed by atoms with E-state index in [1.807, 2.05) is 50.2 Å². The molecular formula is C30H26N4O5S. The molecular weight excluding hydrogens is 528 g/mol. The molecule has 9 nitrogen and oxygen atoms in total. The average Bonchev–Trinajstić information content (AvgIpc) is 3.59. The molecule has 1 fully saturated rings. The number of benzene rings is 2. The lowest BCUT2D eigenvalue weighted by Gasteiger charge is -2.23. The number of Topliss-reactive ketones (excluding diaryl/α,β-unsaturated/α-hetero) is 1. The molecule has 1 amide bonds. The standard InChI is InChI=1S/C30H26N4O5S/c1-4-38-19-10-8-9-18(15-19)26-24(27(35)25-17(3)31-23-11-6-7-14-33(23)25)28(36)29(37)34(26)30-32-21-13-12-20(39-5-2)16-22(21)40-30/h6-16,26,35H,4-5H2,1-3H3/b27-24+. The van der Waals surface area contributed by atoms with E-state index in [0.717, 1.165) is 4.70 Å². The van der Waals surface area contributed by atoms with E-state index in [1.54, 1.807) is 41.8 Å². The second kappa shape index (κ2) is 10.1. The minimum Gasteiger partial charge on any atom is -0.505 e. The molecule has 6 rings (SSSR count). The van der Waals surface area contributed by atoms with Crippen molar-refractivity contribution in [1.29, 1.82) is 0 Å². The van der Waals surface area contributed by atoms with Crippen molar-refractivity contribution in [3.05, 3.63) is 89.4 Å². The third kappa shape index (κ3) is 4.17. The van der Waals surface area contributed by atoms with Crippen molar-refractivity contribution in [2.24, 2.45) is 0 Å². The molecule has 0 bridgehead atoms. The maximum Gasteiger partial charge on any atom is 0.301 e. The molecule has 40 heavy (non-hydrogen) atoms. The lowest BCUT2D eigenvalue weighted by molar-refractivity contribution is -0.132. The molecule has 4 heterocycles. The van der Waals surface area contributed by atoms with Crippen LogP contribution in [0.2, 0.25) is 0 Å². The second-order valence-corrected chi connectivity index (χ2v) is 10.2. The summed E-state index contributed by atoms with van der Waals surface area (Å²) in [7, 11) is 0. The van der Waals surface area contributed by atoms with Gasteiger partial charge in [-0.1, -0.05) is 29.5 Å². The van der Waals surface area contributed by atoms with Gasteiger partial charge in [0.15, 0.2) is 10.9 Å². The number of aliphatic hydroxyl groups excluding tert-OH is 1. The number of thiazole rings is 1. The lowest BCUT2D eigenvalue weighted by atomic mass is 9.96. The number of amides is 1. The molecule has 1 atom stereocenters. The Morgan fingerprint density at radius 2 is 1.75 bits per heavy atom. The Morgan fingerprint density at radius 3 is 2.52 bits per heavy atom. The van der Waals surface area contributed by atoms with Gasteiger partial charge < -0.3 is 14.6 Å². The molecule has 1 saturated heterocycles. The Bertz CT molecular complexity index is 1820. The number of carbonyl (C=O) groups excluding carboxylic acids is 2. The monoisotopic (exact) mass is 554 g/mol. The van der Waals surface area contributed by atoms with Gasteiger partial charge in [-0.15, -0.1) is 0 Å². The molecule has 0 radical (unpaired) electrons. The first-order valence-corrected chi connectivity index (χ1v) is 13.7. The summed E-state index contributed by atoms with van der Waals surface area (Å²) < 4.78 is 13.9. The van der Waals surface area contributed by atoms with E-state index in [4.69, 9.17) is 14.5 Å². The Hall–Kier alpha value is -4.70. The van der Waals surface area contributed by atoms with Gasteiger partial charge in [-0.2, -0.15) is 0 Å². The molecule has 2 aromatic carbocycles. The summed E-state index contributed by atoms with van der Waals surface area (Å²) in [5.74, 6) is -0.602. The summed E-state index contributed by atoms with van der Waals surface area (Å²) in [5.41, 5.74) is 2.73. The summed E-state index contributed by atoms with van der Waals surface area (Å²) in [6, 6.07) is 17.2. The number of rotatable bonds is 7. The van der Waals surface area contributed by atoms with Crippen molar-refractivity contribution < 1.29 is 24.2 Å². The summed E-state index contributed by atoms with van der Waals surface area (Å²) in [6.07, 6.45) is 1.76. The van der Waals surface area contributed by atoms with E-state index in [2.05, 4.69) is 4.98 Å². The maximum absolute atomic E-state index is 13.7. The molecule has 1 aliphatic rings. The molecule has 5 aromatic rings. The molecule has 3 aromatic heterocycles. The summed E-state index contributed by atoms with van der Waals surface area (Å²) in [6.45, 7) is 6.51. The van der Waals surface area contributed by atoms with Crippen LogP contribution < -0.4 is 14.4 Å². The van der Waals surface area contributed by atoms with Crippen LogP contribution in [0.5, 0.6) is 11.5 Å². The number of nitrogens with zero attached hydrogens (tertiary/aromatic N) is 4. The van der Waals surface area contributed by atoms with E-state index < -0.39 is 17.7 Å². The molecule has 1 unspecified atom stereocenters. The first-order chi connectivity index (χ1) is 19.4. The average molecular weight is 555 g/mol. The fourth-order valence-corrected chi connectivity index (χ4v) is 6.09. The van der Waals surface area contributed by atoms with Gasteiger partial charge in [0.2, 0.25) is 0 Å². The van der Waals surface area contributed by atoms with Gasteiger partial charge in [-0.3, -0.25) is 18.9 Å². The van der Waals surface area contributed by atoms with Gasteiger partial charge in [-0.05, 0) is 68.8 Å². The molecule has 10 heteroatoms. The fraction of sp³-hybridized carbons (Fsp3) is 0.200. The number of aliphatic hydroxyl groups is 1. The quantitative estimate of drug-likeness (QED) is 0.157. The number of hydrogen-bond acceptors (Lipinski definition) is 8.